The van der Waals surface area contributed by atoms with E-state index in [9.17, 15) is 9.90 Å². The minimum absolute atomic E-state index is 0.154. The van der Waals surface area contributed by atoms with E-state index >= 15 is 0 Å². The number of ether oxygens (including phenoxy) is 2. The number of halogens is 1. The van der Waals surface area contributed by atoms with Crippen LogP contribution in [0.4, 0.5) is 0 Å². The summed E-state index contributed by atoms with van der Waals surface area (Å²) in [6.07, 6.45) is -0.699. The number of benzene rings is 1. The summed E-state index contributed by atoms with van der Waals surface area (Å²) < 4.78 is 10.3. The van der Waals surface area contributed by atoms with Crippen LogP contribution < -0.4 is 4.74 Å². The van der Waals surface area contributed by atoms with E-state index in [0.29, 0.717) is 16.3 Å². The van der Waals surface area contributed by atoms with Gasteiger partial charge in [0.1, 0.15) is 12.4 Å². The van der Waals surface area contributed by atoms with Gasteiger partial charge in [0.2, 0.25) is 0 Å². The minimum atomic E-state index is -0.760. The third kappa shape index (κ3) is 4.11. The van der Waals surface area contributed by atoms with Gasteiger partial charge in [0.05, 0.1) is 18.6 Å². The van der Waals surface area contributed by atoms with Crippen LogP contribution in [0.1, 0.15) is 32.4 Å². The maximum Gasteiger partial charge on any atom is 0.314 e. The number of hydrogen-bond donors (Lipinski definition) is 1. The molecule has 0 saturated heterocycles. The van der Waals surface area contributed by atoms with E-state index < -0.39 is 11.5 Å². The Kier molecular flexibility index (Phi) is 5.20. The van der Waals surface area contributed by atoms with Crippen molar-refractivity contribution in [3.63, 3.8) is 0 Å². The van der Waals surface area contributed by atoms with Crippen LogP contribution in [-0.4, -0.2) is 24.8 Å². The van der Waals surface area contributed by atoms with Crippen LogP contribution in [0.15, 0.2) is 18.2 Å². The van der Waals surface area contributed by atoms with Crippen molar-refractivity contribution in [3.05, 3.63) is 28.8 Å². The van der Waals surface area contributed by atoms with Crippen LogP contribution in [0.3, 0.4) is 0 Å². The first-order chi connectivity index (χ1) is 8.77. The Hall–Kier alpha value is -1.26. The standard InChI is InChI=1S/C14H19ClO4/c1-9(16)11-7-10(15)5-6-12(11)19-8-14(2,3)13(17)18-4/h5-7,9,16H,8H2,1-4H3. The summed E-state index contributed by atoms with van der Waals surface area (Å²) >= 11 is 5.88. The van der Waals surface area contributed by atoms with Crippen molar-refractivity contribution in [1.82, 2.24) is 0 Å². The number of rotatable bonds is 5. The van der Waals surface area contributed by atoms with Crippen LogP contribution in [0, 0.1) is 5.41 Å². The molecule has 1 atom stereocenters. The first-order valence-corrected chi connectivity index (χ1v) is 6.34. The molecule has 1 rings (SSSR count). The second-order valence-electron chi connectivity index (χ2n) is 5.02. The van der Waals surface area contributed by atoms with Crippen molar-refractivity contribution in [3.8, 4) is 5.75 Å². The summed E-state index contributed by atoms with van der Waals surface area (Å²) in [5.41, 5.74) is -0.169. The zero-order chi connectivity index (χ0) is 14.6. The molecule has 19 heavy (non-hydrogen) atoms. The molecule has 0 aliphatic rings. The van der Waals surface area contributed by atoms with Gasteiger partial charge in [-0.1, -0.05) is 11.6 Å². The molecule has 0 radical (unpaired) electrons. The van der Waals surface area contributed by atoms with Gasteiger partial charge in [0.25, 0.3) is 0 Å². The highest BCUT2D eigenvalue weighted by Crippen LogP contribution is 2.30. The van der Waals surface area contributed by atoms with E-state index in [-0.39, 0.29) is 12.6 Å². The average molecular weight is 287 g/mol. The maximum atomic E-state index is 11.6. The monoisotopic (exact) mass is 286 g/mol. The highest BCUT2D eigenvalue weighted by Gasteiger charge is 2.30. The van der Waals surface area contributed by atoms with Gasteiger partial charge in [-0.15, -0.1) is 0 Å². The van der Waals surface area contributed by atoms with Gasteiger partial charge < -0.3 is 14.6 Å². The highest BCUT2D eigenvalue weighted by atomic mass is 35.5. The van der Waals surface area contributed by atoms with Crippen molar-refractivity contribution in [2.45, 2.75) is 26.9 Å². The fraction of sp³-hybridized carbons (Fsp3) is 0.500. The van der Waals surface area contributed by atoms with Gasteiger partial charge in [-0.25, -0.2) is 0 Å². The Balaban J connectivity index is 2.86. The molecule has 1 unspecified atom stereocenters. The normalized spacial score (nSPS) is 12.9. The summed E-state index contributed by atoms with van der Waals surface area (Å²) in [7, 11) is 1.34. The Bertz CT molecular complexity index is 455. The second kappa shape index (κ2) is 6.26. The number of aliphatic hydroxyl groups excluding tert-OH is 1. The Morgan fingerprint density at radius 1 is 1.47 bits per heavy atom. The predicted octanol–water partition coefficient (Wildman–Crippen LogP) is 2.97. The lowest BCUT2D eigenvalue weighted by Gasteiger charge is -2.23. The maximum absolute atomic E-state index is 11.6. The number of hydrogen-bond acceptors (Lipinski definition) is 4. The van der Waals surface area contributed by atoms with E-state index in [2.05, 4.69) is 0 Å². The number of carbonyl (C=O) groups excluding carboxylic acids is 1. The van der Waals surface area contributed by atoms with E-state index in [4.69, 9.17) is 21.1 Å². The SMILES string of the molecule is COC(=O)C(C)(C)COc1ccc(Cl)cc1C(C)O. The van der Waals surface area contributed by atoms with Crippen LogP contribution in [0.5, 0.6) is 5.75 Å². The fourth-order valence-corrected chi connectivity index (χ4v) is 1.75. The smallest absolute Gasteiger partial charge is 0.314 e. The van der Waals surface area contributed by atoms with E-state index in [0.717, 1.165) is 0 Å². The molecule has 0 bridgehead atoms. The quantitative estimate of drug-likeness (QED) is 0.846. The molecule has 0 fully saturated rings. The van der Waals surface area contributed by atoms with Crippen LogP contribution in [0.25, 0.3) is 0 Å². The molecular weight excluding hydrogens is 268 g/mol. The minimum Gasteiger partial charge on any atom is -0.492 e. The molecule has 1 aromatic rings. The van der Waals surface area contributed by atoms with Crippen LogP contribution >= 0.6 is 11.6 Å². The van der Waals surface area contributed by atoms with Crippen molar-refractivity contribution in [1.29, 1.82) is 0 Å². The molecule has 5 heteroatoms. The highest BCUT2D eigenvalue weighted by molar-refractivity contribution is 6.30. The molecule has 0 amide bonds. The lowest BCUT2D eigenvalue weighted by molar-refractivity contribution is -0.152. The third-order valence-corrected chi connectivity index (χ3v) is 2.98. The number of carbonyl (C=O) groups is 1. The summed E-state index contributed by atoms with van der Waals surface area (Å²) in [6, 6.07) is 5.00. The fourth-order valence-electron chi connectivity index (χ4n) is 1.57. The first-order valence-electron chi connectivity index (χ1n) is 5.96. The van der Waals surface area contributed by atoms with Crippen molar-refractivity contribution in [2.75, 3.05) is 13.7 Å². The molecule has 0 aliphatic carbocycles. The molecule has 0 saturated carbocycles. The molecule has 0 spiro atoms. The van der Waals surface area contributed by atoms with Crippen molar-refractivity contribution < 1.29 is 19.4 Å². The molecule has 0 aliphatic heterocycles. The van der Waals surface area contributed by atoms with Crippen molar-refractivity contribution >= 4 is 17.6 Å². The van der Waals surface area contributed by atoms with Gasteiger partial charge in [-0.2, -0.15) is 0 Å². The molecule has 1 N–H and O–H groups in total. The Morgan fingerprint density at radius 3 is 2.63 bits per heavy atom. The Labute approximate surface area is 118 Å². The molecule has 4 nitrogen and oxygen atoms in total. The topological polar surface area (TPSA) is 55.8 Å². The summed E-state index contributed by atoms with van der Waals surface area (Å²) in [6.45, 7) is 5.25. The van der Waals surface area contributed by atoms with Gasteiger partial charge in [0.15, 0.2) is 0 Å². The Morgan fingerprint density at radius 2 is 2.11 bits per heavy atom. The number of aliphatic hydroxyl groups is 1. The zero-order valence-electron chi connectivity index (χ0n) is 11.6. The van der Waals surface area contributed by atoms with Gasteiger partial charge in [-0.3, -0.25) is 4.79 Å². The average Bonchev–Trinajstić information content (AvgIpc) is 2.36. The molecule has 106 valence electrons. The van der Waals surface area contributed by atoms with Gasteiger partial charge >= 0.3 is 5.97 Å². The number of esters is 1. The zero-order valence-corrected chi connectivity index (χ0v) is 12.3. The van der Waals surface area contributed by atoms with E-state index in [1.54, 1.807) is 39.0 Å². The lowest BCUT2D eigenvalue weighted by Crippen LogP contribution is -2.32. The second-order valence-corrected chi connectivity index (χ2v) is 5.46. The molecule has 1 aromatic carbocycles. The third-order valence-electron chi connectivity index (χ3n) is 2.75. The largest absolute Gasteiger partial charge is 0.492 e. The lowest BCUT2D eigenvalue weighted by atomic mass is 9.95. The predicted molar refractivity (Wildman–Crippen MR) is 73.4 cm³/mol. The van der Waals surface area contributed by atoms with Crippen LogP contribution in [-0.2, 0) is 9.53 Å². The molecule has 0 heterocycles. The van der Waals surface area contributed by atoms with Gasteiger partial charge in [-0.05, 0) is 39.0 Å². The summed E-state index contributed by atoms with van der Waals surface area (Å²) in [5.74, 6) is 0.163. The first kappa shape index (κ1) is 15.8. The summed E-state index contributed by atoms with van der Waals surface area (Å²) in [4.78, 5) is 11.6. The van der Waals surface area contributed by atoms with Crippen molar-refractivity contribution in [2.24, 2.45) is 5.41 Å². The molecular formula is C14H19ClO4. The van der Waals surface area contributed by atoms with Crippen LogP contribution in [0.2, 0.25) is 5.02 Å². The summed E-state index contributed by atoms with van der Waals surface area (Å²) in [5, 5.41) is 10.2. The number of methoxy groups -OCH3 is 1. The van der Waals surface area contributed by atoms with E-state index in [1.807, 2.05) is 0 Å². The van der Waals surface area contributed by atoms with Gasteiger partial charge in [0, 0.05) is 10.6 Å². The van der Waals surface area contributed by atoms with E-state index in [1.165, 1.54) is 7.11 Å². The molecule has 0 aromatic heterocycles.